The smallest absolute Gasteiger partial charge is 0.237 e. The fraction of sp³-hybridized carbons (Fsp3) is 0.115. The average Bonchev–Trinajstić information content (AvgIpc) is 3.53. The maximum Gasteiger partial charge on any atom is 0.269 e. The normalized spacial score (nSPS) is 12.4. The summed E-state index contributed by atoms with van der Waals surface area (Å²) in [5, 5.41) is 4.46. The fourth-order valence-corrected chi connectivity index (χ4v) is 7.18. The molecule has 0 aliphatic carbocycles. The van der Waals surface area contributed by atoms with Crippen molar-refractivity contribution >= 4 is 42.4 Å². The molecule has 5 rings (SSSR count). The Morgan fingerprint density at radius 3 is 2.25 bits per heavy atom. The molecular weight excluding hydrogens is 515 g/mol. The van der Waals surface area contributed by atoms with Gasteiger partial charge in [-0.1, -0.05) is 35.9 Å². The van der Waals surface area contributed by atoms with Crippen LogP contribution in [0.3, 0.4) is 0 Å². The Kier molecular flexibility index (Phi) is 6.08. The number of fused-ring (bicyclic) bond motifs is 1. The molecule has 0 saturated carbocycles. The van der Waals surface area contributed by atoms with Crippen LogP contribution < -0.4 is 0 Å². The molecule has 0 unspecified atom stereocenters. The van der Waals surface area contributed by atoms with Crippen LogP contribution in [0.1, 0.15) is 5.56 Å². The predicted molar refractivity (Wildman–Crippen MR) is 143 cm³/mol. The number of pyridine rings is 1. The summed E-state index contributed by atoms with van der Waals surface area (Å²) in [5.41, 5.74) is 3.70. The van der Waals surface area contributed by atoms with Crippen molar-refractivity contribution in [2.24, 2.45) is 0 Å². The van der Waals surface area contributed by atoms with Crippen LogP contribution in [0.25, 0.3) is 33.3 Å². The van der Waals surface area contributed by atoms with Crippen molar-refractivity contribution in [1.29, 1.82) is 0 Å². The summed E-state index contributed by atoms with van der Waals surface area (Å²) < 4.78 is 56.3. The number of hydrogen-bond acceptors (Lipinski definition) is 6. The monoisotopic (exact) mass is 537 g/mol. The van der Waals surface area contributed by atoms with Crippen molar-refractivity contribution in [3.63, 3.8) is 0 Å². The van der Waals surface area contributed by atoms with Gasteiger partial charge in [-0.3, -0.25) is 0 Å². The lowest BCUT2D eigenvalue weighted by Gasteiger charge is -2.15. The first-order valence-electron chi connectivity index (χ1n) is 11.0. The van der Waals surface area contributed by atoms with Crippen molar-refractivity contribution in [3.05, 3.63) is 89.4 Å². The van der Waals surface area contributed by atoms with Crippen molar-refractivity contribution in [1.82, 2.24) is 13.3 Å². The molecule has 0 N–H and O–H groups in total. The molecule has 0 radical (unpaired) electrons. The second-order valence-corrected chi connectivity index (χ2v) is 13.2. The van der Waals surface area contributed by atoms with E-state index >= 15 is 0 Å². The summed E-state index contributed by atoms with van der Waals surface area (Å²) in [4.78, 5) is 4.67. The van der Waals surface area contributed by atoms with Gasteiger partial charge in [0.1, 0.15) is 0 Å². The fourth-order valence-electron chi connectivity index (χ4n) is 4.11. The zero-order valence-electron chi connectivity index (χ0n) is 19.8. The quantitative estimate of drug-likeness (QED) is 0.296. The van der Waals surface area contributed by atoms with E-state index in [1.54, 1.807) is 48.7 Å². The predicted octanol–water partition coefficient (Wildman–Crippen LogP) is 5.23. The maximum absolute atomic E-state index is 13.8. The third-order valence-corrected chi connectivity index (χ3v) is 10.2. The van der Waals surface area contributed by atoms with E-state index in [4.69, 9.17) is 0 Å². The molecule has 184 valence electrons. The van der Waals surface area contributed by atoms with Gasteiger partial charge in [-0.2, -0.15) is 11.3 Å². The molecule has 0 spiro atoms. The van der Waals surface area contributed by atoms with E-state index in [2.05, 4.69) is 4.98 Å². The summed E-state index contributed by atoms with van der Waals surface area (Å²) in [5.74, 6) is 0. The largest absolute Gasteiger partial charge is 0.269 e. The molecule has 3 aromatic heterocycles. The van der Waals surface area contributed by atoms with Gasteiger partial charge in [-0.05, 0) is 59.1 Å². The third kappa shape index (κ3) is 3.96. The topological polar surface area (TPSA) is 89.3 Å². The number of nitrogens with zero attached hydrogens (tertiary/aromatic N) is 3. The lowest BCUT2D eigenvalue weighted by atomic mass is 9.99. The van der Waals surface area contributed by atoms with Gasteiger partial charge in [0, 0.05) is 43.0 Å². The highest BCUT2D eigenvalue weighted by molar-refractivity contribution is 7.90. The summed E-state index contributed by atoms with van der Waals surface area (Å²) in [7, 11) is -4.90. The van der Waals surface area contributed by atoms with Crippen molar-refractivity contribution < 1.29 is 16.8 Å². The molecule has 7 nitrogen and oxygen atoms in total. The van der Waals surface area contributed by atoms with Crippen LogP contribution in [0.2, 0.25) is 0 Å². The van der Waals surface area contributed by atoms with E-state index in [-0.39, 0.29) is 15.4 Å². The second-order valence-electron chi connectivity index (χ2n) is 8.51. The Morgan fingerprint density at radius 2 is 1.58 bits per heavy atom. The van der Waals surface area contributed by atoms with Crippen molar-refractivity contribution in [2.75, 3.05) is 14.1 Å². The highest BCUT2D eigenvalue weighted by atomic mass is 32.2. The van der Waals surface area contributed by atoms with Gasteiger partial charge < -0.3 is 0 Å². The molecule has 0 amide bonds. The molecule has 36 heavy (non-hydrogen) atoms. The van der Waals surface area contributed by atoms with Crippen LogP contribution in [-0.4, -0.2) is 44.2 Å². The average molecular weight is 538 g/mol. The van der Waals surface area contributed by atoms with Gasteiger partial charge >= 0.3 is 0 Å². The number of aromatic nitrogens is 2. The molecule has 5 aromatic rings. The molecule has 10 heteroatoms. The van der Waals surface area contributed by atoms with E-state index in [1.807, 2.05) is 29.8 Å². The van der Waals surface area contributed by atoms with Crippen LogP contribution in [-0.2, 0) is 20.0 Å². The van der Waals surface area contributed by atoms with Gasteiger partial charge in [0.25, 0.3) is 10.0 Å². The van der Waals surface area contributed by atoms with Crippen LogP contribution in [0.15, 0.2) is 93.6 Å². The zero-order chi connectivity index (χ0) is 25.7. The van der Waals surface area contributed by atoms with E-state index in [1.165, 1.54) is 37.7 Å². The first-order valence-corrected chi connectivity index (χ1v) is 14.8. The number of sulfonamides is 1. The van der Waals surface area contributed by atoms with Crippen LogP contribution in [0.5, 0.6) is 0 Å². The SMILES string of the molecule is Cc1ccc(S(=O)(=O)n2cc(-c3ccccc3S(=O)(=O)N(C)C)c3c(-c4ccsc4)ccnc32)cc1. The summed E-state index contributed by atoms with van der Waals surface area (Å²) in [6, 6.07) is 17.0. The Morgan fingerprint density at radius 1 is 0.861 bits per heavy atom. The minimum absolute atomic E-state index is 0.0851. The van der Waals surface area contributed by atoms with Crippen LogP contribution >= 0.6 is 11.3 Å². The Hall–Kier alpha value is -3.31. The molecule has 2 aromatic carbocycles. The van der Waals surface area contributed by atoms with Gasteiger partial charge in [0.15, 0.2) is 5.65 Å². The zero-order valence-corrected chi connectivity index (χ0v) is 22.2. The Balaban J connectivity index is 1.89. The molecule has 0 fully saturated rings. The maximum atomic E-state index is 13.8. The van der Waals surface area contributed by atoms with E-state index in [0.29, 0.717) is 16.5 Å². The highest BCUT2D eigenvalue weighted by Gasteiger charge is 2.28. The van der Waals surface area contributed by atoms with Gasteiger partial charge in [-0.25, -0.2) is 30.1 Å². The number of hydrogen-bond donors (Lipinski definition) is 0. The van der Waals surface area contributed by atoms with Crippen LogP contribution in [0.4, 0.5) is 0 Å². The highest BCUT2D eigenvalue weighted by Crippen LogP contribution is 2.41. The molecule has 3 heterocycles. The Bertz CT molecular complexity index is 1790. The number of thiophene rings is 1. The second kappa shape index (κ2) is 8.97. The van der Waals surface area contributed by atoms with Gasteiger partial charge in [-0.15, -0.1) is 0 Å². The van der Waals surface area contributed by atoms with E-state index < -0.39 is 20.0 Å². The molecule has 0 bridgehead atoms. The number of rotatable bonds is 6. The molecule has 0 aliphatic heterocycles. The first-order chi connectivity index (χ1) is 17.1. The molecule has 0 aliphatic rings. The van der Waals surface area contributed by atoms with E-state index in [0.717, 1.165) is 25.0 Å². The minimum Gasteiger partial charge on any atom is -0.237 e. The van der Waals surface area contributed by atoms with Crippen molar-refractivity contribution in [2.45, 2.75) is 16.7 Å². The van der Waals surface area contributed by atoms with Crippen molar-refractivity contribution in [3.8, 4) is 22.3 Å². The van der Waals surface area contributed by atoms with E-state index in [9.17, 15) is 16.8 Å². The Labute approximate surface area is 214 Å². The first kappa shape index (κ1) is 24.4. The molecule has 0 atom stereocenters. The lowest BCUT2D eigenvalue weighted by Crippen LogP contribution is -2.22. The summed E-state index contributed by atoms with van der Waals surface area (Å²) in [6.45, 7) is 1.89. The number of aryl methyl sites for hydroxylation is 1. The third-order valence-electron chi connectivity index (χ3n) is 6.00. The minimum atomic E-state index is -4.02. The van der Waals surface area contributed by atoms with Gasteiger partial charge in [0.2, 0.25) is 10.0 Å². The molecule has 0 saturated heterocycles. The standard InChI is InChI=1S/C26H23N3O4S3/c1-18-8-10-20(11-9-18)35(30,31)29-16-23(22-6-4-5-7-24(22)36(32,33)28(2)3)25-21(12-14-27-26(25)29)19-13-15-34-17-19/h4-17H,1-3H3. The lowest BCUT2D eigenvalue weighted by molar-refractivity contribution is 0.521. The number of benzene rings is 2. The van der Waals surface area contributed by atoms with Crippen LogP contribution in [0, 0.1) is 6.92 Å². The summed E-state index contributed by atoms with van der Waals surface area (Å²) >= 11 is 1.52. The summed E-state index contributed by atoms with van der Waals surface area (Å²) in [6.07, 6.45) is 3.05. The van der Waals surface area contributed by atoms with Gasteiger partial charge in [0.05, 0.1) is 9.79 Å². The molecular formula is C26H23N3O4S3.